The van der Waals surface area contributed by atoms with Crippen molar-refractivity contribution in [2.24, 2.45) is 17.3 Å². The van der Waals surface area contributed by atoms with Gasteiger partial charge >= 0.3 is 0 Å². The fraction of sp³-hybridized carbons (Fsp3) is 0.632. The maximum Gasteiger partial charge on any atom is 0.133 e. The number of carbonyl (C=O) groups is 1. The van der Waals surface area contributed by atoms with Gasteiger partial charge in [0, 0.05) is 12.8 Å². The number of ketones is 1. The summed E-state index contributed by atoms with van der Waals surface area (Å²) in [4.78, 5) is 12.0. The second kappa shape index (κ2) is 4.59. The summed E-state index contributed by atoms with van der Waals surface area (Å²) in [5, 5.41) is 0. The van der Waals surface area contributed by atoms with E-state index in [1.165, 1.54) is 30.4 Å². The summed E-state index contributed by atoms with van der Waals surface area (Å²) in [7, 11) is 1.74. The summed E-state index contributed by atoms with van der Waals surface area (Å²) in [6, 6.07) is 6.61. The third kappa shape index (κ3) is 1.95. The molecule has 4 atom stereocenters. The smallest absolute Gasteiger partial charge is 0.133 e. The zero-order valence-corrected chi connectivity index (χ0v) is 13.0. The Kier molecular flexibility index (Phi) is 2.92. The lowest BCUT2D eigenvalue weighted by molar-refractivity contribution is -0.118. The third-order valence-electron chi connectivity index (χ3n) is 6.50. The predicted octanol–water partition coefficient (Wildman–Crippen LogP) is 4.12. The second-order valence-electron chi connectivity index (χ2n) is 7.59. The van der Waals surface area contributed by atoms with Gasteiger partial charge in [0.2, 0.25) is 0 Å². The molecule has 0 aromatic heterocycles. The average molecular weight is 284 g/mol. The Labute approximate surface area is 126 Å². The highest BCUT2D eigenvalue weighted by Gasteiger charge is 2.52. The van der Waals surface area contributed by atoms with Crippen molar-refractivity contribution < 1.29 is 9.53 Å². The summed E-state index contributed by atoms with van der Waals surface area (Å²) in [5.41, 5.74) is 3.30. The number of aryl methyl sites for hydroxylation is 1. The summed E-state index contributed by atoms with van der Waals surface area (Å²) in [6.07, 6.45) is 6.53. The SMILES string of the molecule is COc1ccc2c(c1)CC[C@@H]1[C@H]2CC[C@@]2(C)CC(=O)C[C@@H]12. The molecule has 21 heavy (non-hydrogen) atoms. The van der Waals surface area contributed by atoms with Crippen LogP contribution in [-0.4, -0.2) is 12.9 Å². The van der Waals surface area contributed by atoms with E-state index in [9.17, 15) is 4.79 Å². The van der Waals surface area contributed by atoms with Gasteiger partial charge in [0.05, 0.1) is 7.11 Å². The number of ether oxygens (including phenoxy) is 1. The lowest BCUT2D eigenvalue weighted by atomic mass is 9.56. The van der Waals surface area contributed by atoms with Crippen LogP contribution < -0.4 is 4.74 Å². The predicted molar refractivity (Wildman–Crippen MR) is 82.6 cm³/mol. The lowest BCUT2D eigenvalue weighted by Gasteiger charge is -2.48. The van der Waals surface area contributed by atoms with Gasteiger partial charge < -0.3 is 4.74 Å². The molecule has 2 saturated carbocycles. The molecule has 2 fully saturated rings. The van der Waals surface area contributed by atoms with Crippen molar-refractivity contribution in [1.29, 1.82) is 0 Å². The number of fused-ring (bicyclic) bond motifs is 5. The largest absolute Gasteiger partial charge is 0.497 e. The molecule has 0 radical (unpaired) electrons. The van der Waals surface area contributed by atoms with Gasteiger partial charge in [0.1, 0.15) is 11.5 Å². The Morgan fingerprint density at radius 3 is 2.95 bits per heavy atom. The Morgan fingerprint density at radius 1 is 1.29 bits per heavy atom. The summed E-state index contributed by atoms with van der Waals surface area (Å²) < 4.78 is 5.37. The fourth-order valence-electron chi connectivity index (χ4n) is 5.47. The van der Waals surface area contributed by atoms with Gasteiger partial charge in [-0.05, 0) is 72.1 Å². The van der Waals surface area contributed by atoms with E-state index < -0.39 is 0 Å². The standard InChI is InChI=1S/C19H24O2/c1-19-8-7-16-15-6-4-14(21-2)9-12(15)3-5-17(16)18(19)10-13(20)11-19/h4,6,9,16-18H,3,5,7-8,10-11H2,1-2H3/t16-,17+,18-,19-/m0/s1. The molecule has 0 heterocycles. The van der Waals surface area contributed by atoms with Gasteiger partial charge in [-0.25, -0.2) is 0 Å². The fourth-order valence-corrected chi connectivity index (χ4v) is 5.47. The molecule has 2 heteroatoms. The van der Waals surface area contributed by atoms with Crippen LogP contribution in [0.3, 0.4) is 0 Å². The number of rotatable bonds is 1. The van der Waals surface area contributed by atoms with Crippen LogP contribution in [0.25, 0.3) is 0 Å². The van der Waals surface area contributed by atoms with Crippen molar-refractivity contribution in [2.45, 2.75) is 51.4 Å². The van der Waals surface area contributed by atoms with Crippen molar-refractivity contribution in [2.75, 3.05) is 7.11 Å². The minimum absolute atomic E-state index is 0.294. The molecule has 0 spiro atoms. The molecular formula is C19H24O2. The first kappa shape index (κ1) is 13.4. The van der Waals surface area contributed by atoms with Crippen LogP contribution in [0.15, 0.2) is 18.2 Å². The summed E-state index contributed by atoms with van der Waals surface area (Å²) in [6.45, 7) is 2.36. The number of hydrogen-bond acceptors (Lipinski definition) is 2. The molecule has 2 nitrogen and oxygen atoms in total. The minimum Gasteiger partial charge on any atom is -0.497 e. The highest BCUT2D eigenvalue weighted by molar-refractivity contribution is 5.82. The molecule has 0 amide bonds. The minimum atomic E-state index is 0.294. The maximum absolute atomic E-state index is 12.0. The average Bonchev–Trinajstić information content (AvgIpc) is 2.80. The Bertz CT molecular complexity index is 591. The van der Waals surface area contributed by atoms with Crippen LogP contribution >= 0.6 is 0 Å². The molecule has 3 aliphatic rings. The van der Waals surface area contributed by atoms with Crippen LogP contribution in [0.2, 0.25) is 0 Å². The van der Waals surface area contributed by atoms with E-state index in [4.69, 9.17) is 4.74 Å². The third-order valence-corrected chi connectivity index (χ3v) is 6.50. The first-order chi connectivity index (χ1) is 10.1. The van der Waals surface area contributed by atoms with E-state index in [2.05, 4.69) is 25.1 Å². The lowest BCUT2D eigenvalue weighted by Crippen LogP contribution is -2.39. The summed E-state index contributed by atoms with van der Waals surface area (Å²) in [5.74, 6) is 3.49. The van der Waals surface area contributed by atoms with Crippen molar-refractivity contribution in [1.82, 2.24) is 0 Å². The Balaban J connectivity index is 1.69. The first-order valence-electron chi connectivity index (χ1n) is 8.29. The van der Waals surface area contributed by atoms with Crippen molar-refractivity contribution in [3.05, 3.63) is 29.3 Å². The number of carbonyl (C=O) groups excluding carboxylic acids is 1. The monoisotopic (exact) mass is 284 g/mol. The maximum atomic E-state index is 12.0. The molecular weight excluding hydrogens is 260 g/mol. The highest BCUT2D eigenvalue weighted by atomic mass is 16.5. The van der Waals surface area contributed by atoms with Gasteiger partial charge in [-0.15, -0.1) is 0 Å². The number of benzene rings is 1. The van der Waals surface area contributed by atoms with Crippen molar-refractivity contribution in [3.63, 3.8) is 0 Å². The zero-order chi connectivity index (χ0) is 14.6. The topological polar surface area (TPSA) is 26.3 Å². The molecule has 1 aromatic carbocycles. The molecule has 0 saturated heterocycles. The number of methoxy groups -OCH3 is 1. The molecule has 3 aliphatic carbocycles. The van der Waals surface area contributed by atoms with E-state index in [-0.39, 0.29) is 0 Å². The normalized spacial score (nSPS) is 37.6. The molecule has 0 N–H and O–H groups in total. The van der Waals surface area contributed by atoms with E-state index in [1.54, 1.807) is 7.11 Å². The van der Waals surface area contributed by atoms with E-state index in [1.807, 2.05) is 0 Å². The molecule has 112 valence electrons. The van der Waals surface area contributed by atoms with Gasteiger partial charge in [-0.2, -0.15) is 0 Å². The molecule has 1 aromatic rings. The quantitative estimate of drug-likeness (QED) is 0.775. The van der Waals surface area contributed by atoms with Crippen LogP contribution in [0.1, 0.15) is 56.1 Å². The van der Waals surface area contributed by atoms with E-state index >= 15 is 0 Å². The molecule has 4 rings (SSSR count). The van der Waals surface area contributed by atoms with Crippen LogP contribution in [0, 0.1) is 17.3 Å². The molecule has 0 unspecified atom stereocenters. The van der Waals surface area contributed by atoms with Crippen molar-refractivity contribution in [3.8, 4) is 5.75 Å². The first-order valence-corrected chi connectivity index (χ1v) is 8.29. The van der Waals surface area contributed by atoms with Gasteiger partial charge in [-0.3, -0.25) is 4.79 Å². The number of Topliss-reactive ketones (excluding diaryl/α,β-unsaturated/α-hetero) is 1. The molecule has 0 bridgehead atoms. The van der Waals surface area contributed by atoms with Crippen LogP contribution in [0.4, 0.5) is 0 Å². The summed E-state index contributed by atoms with van der Waals surface area (Å²) >= 11 is 0. The van der Waals surface area contributed by atoms with Crippen LogP contribution in [0.5, 0.6) is 5.75 Å². The van der Waals surface area contributed by atoms with Crippen LogP contribution in [-0.2, 0) is 11.2 Å². The molecule has 0 aliphatic heterocycles. The van der Waals surface area contributed by atoms with E-state index in [0.29, 0.717) is 23.0 Å². The van der Waals surface area contributed by atoms with E-state index in [0.717, 1.165) is 30.9 Å². The number of hydrogen-bond donors (Lipinski definition) is 0. The Morgan fingerprint density at radius 2 is 2.14 bits per heavy atom. The van der Waals surface area contributed by atoms with Gasteiger partial charge in [0.15, 0.2) is 0 Å². The van der Waals surface area contributed by atoms with Gasteiger partial charge in [0.25, 0.3) is 0 Å². The van der Waals surface area contributed by atoms with Crippen molar-refractivity contribution >= 4 is 5.78 Å². The Hall–Kier alpha value is -1.31. The zero-order valence-electron chi connectivity index (χ0n) is 13.0. The second-order valence-corrected chi connectivity index (χ2v) is 7.59. The van der Waals surface area contributed by atoms with Gasteiger partial charge in [-0.1, -0.05) is 13.0 Å². The highest BCUT2D eigenvalue weighted by Crippen LogP contribution is 2.60.